The number of benzene rings is 4. The topological polar surface area (TPSA) is 55.5 Å². The number of hydrogen-bond donors (Lipinski definition) is 0. The highest BCUT2D eigenvalue weighted by Crippen LogP contribution is 2.28. The van der Waals surface area contributed by atoms with E-state index in [9.17, 15) is 0 Å². The number of rotatable bonds is 12. The highest BCUT2D eigenvalue weighted by molar-refractivity contribution is 6.20. The van der Waals surface area contributed by atoms with Crippen LogP contribution in [0.1, 0.15) is 50.7 Å². The van der Waals surface area contributed by atoms with Gasteiger partial charge in [0.25, 0.3) is 0 Å². The van der Waals surface area contributed by atoms with Crippen LogP contribution < -0.4 is 9.15 Å². The lowest BCUT2D eigenvalue weighted by atomic mass is 10.1. The van der Waals surface area contributed by atoms with Gasteiger partial charge in [-0.3, -0.25) is 0 Å². The molecule has 0 saturated carbocycles. The molecule has 0 saturated heterocycles. The van der Waals surface area contributed by atoms with E-state index in [1.165, 1.54) is 11.1 Å². The second-order valence-electron chi connectivity index (χ2n) is 11.5. The standard InChI is InChI=1S/C40H44N6/c1-5-7-29-41-43-33-13-21-37(22-14-33)46(38-23-15-34(16-24-38)44-42-30-8-6-2)40-27-25-39(26-28-40)45(35-17-9-31(3)10-18-35)36-19-11-32(4)12-20-36/h9-28H,5-8,29-30H2,1-4H3/q+2. The summed E-state index contributed by atoms with van der Waals surface area (Å²) in [4.78, 5) is 0. The van der Waals surface area contributed by atoms with Crippen LogP contribution in [-0.4, -0.2) is 24.5 Å². The molecule has 0 heterocycles. The van der Waals surface area contributed by atoms with Crippen LogP contribution in [0, 0.1) is 13.8 Å². The Morgan fingerprint density at radius 2 is 0.739 bits per heavy atom. The molecule has 4 aromatic rings. The van der Waals surface area contributed by atoms with Gasteiger partial charge < -0.3 is 0 Å². The van der Waals surface area contributed by atoms with Crippen molar-refractivity contribution in [1.82, 2.24) is 9.15 Å². The summed E-state index contributed by atoms with van der Waals surface area (Å²) in [5.41, 5.74) is 10.6. The van der Waals surface area contributed by atoms with E-state index in [4.69, 9.17) is 0 Å². The Kier molecular flexibility index (Phi) is 11.4. The lowest BCUT2D eigenvalue weighted by Crippen LogP contribution is -2.20. The zero-order valence-electron chi connectivity index (χ0n) is 27.5. The molecule has 6 heteroatoms. The molecule has 6 nitrogen and oxygen atoms in total. The van der Waals surface area contributed by atoms with Gasteiger partial charge in [-0.2, -0.15) is 29.6 Å². The van der Waals surface area contributed by atoms with Gasteiger partial charge in [0.15, 0.2) is 0 Å². The van der Waals surface area contributed by atoms with Crippen LogP contribution in [-0.2, 0) is 0 Å². The summed E-state index contributed by atoms with van der Waals surface area (Å²) in [5, 5.41) is 17.5. The van der Waals surface area contributed by atoms with Crippen LogP contribution in [0.3, 0.4) is 0 Å². The van der Waals surface area contributed by atoms with Crippen molar-refractivity contribution >= 4 is 45.5 Å². The zero-order chi connectivity index (χ0) is 32.1. The molecule has 0 amide bonds. The number of unbranched alkanes of at least 4 members (excludes halogenated alkanes) is 2. The normalized spacial score (nSPS) is 12.9. The van der Waals surface area contributed by atoms with E-state index in [0.717, 1.165) is 84.3 Å². The van der Waals surface area contributed by atoms with Crippen molar-refractivity contribution in [2.75, 3.05) is 13.1 Å². The van der Waals surface area contributed by atoms with Gasteiger partial charge in [-0.1, -0.05) is 62.1 Å². The van der Waals surface area contributed by atoms with Crippen molar-refractivity contribution in [2.45, 2.75) is 53.4 Å². The molecular formula is C40H44N6+2. The number of hydrogen-bond acceptors (Lipinski definition) is 4. The molecule has 0 bridgehead atoms. The van der Waals surface area contributed by atoms with Gasteiger partial charge in [-0.25, -0.2) is 0 Å². The zero-order valence-corrected chi connectivity index (χ0v) is 27.5. The fourth-order valence-electron chi connectivity index (χ4n) is 5.09. The number of allylic oxidation sites excluding steroid dienone is 4. The van der Waals surface area contributed by atoms with E-state index < -0.39 is 0 Å². The van der Waals surface area contributed by atoms with E-state index in [-0.39, 0.29) is 0 Å². The van der Waals surface area contributed by atoms with Gasteiger partial charge in [-0.05, 0) is 51.0 Å². The first-order valence-electron chi connectivity index (χ1n) is 16.3. The van der Waals surface area contributed by atoms with E-state index in [2.05, 4.69) is 154 Å². The summed E-state index contributed by atoms with van der Waals surface area (Å²) >= 11 is 0. The lowest BCUT2D eigenvalue weighted by Gasteiger charge is -2.10. The maximum atomic E-state index is 4.42. The molecule has 0 unspecified atom stereocenters. The van der Waals surface area contributed by atoms with Crippen molar-refractivity contribution in [2.24, 2.45) is 20.5 Å². The molecule has 232 valence electrons. The second-order valence-corrected chi connectivity index (χ2v) is 11.5. The molecule has 46 heavy (non-hydrogen) atoms. The van der Waals surface area contributed by atoms with Crippen LogP contribution in [0.25, 0.3) is 0 Å². The minimum Gasteiger partial charge on any atom is -0.189 e. The van der Waals surface area contributed by atoms with Crippen LogP contribution in [0.2, 0.25) is 0 Å². The molecule has 1 aliphatic carbocycles. The summed E-state index contributed by atoms with van der Waals surface area (Å²) in [6.45, 7) is 10.1. The Morgan fingerprint density at radius 1 is 0.435 bits per heavy atom. The minimum atomic E-state index is 0.751. The maximum absolute atomic E-state index is 4.42. The molecule has 4 aromatic carbocycles. The third-order valence-corrected chi connectivity index (χ3v) is 7.76. The molecular weight excluding hydrogens is 564 g/mol. The summed E-state index contributed by atoms with van der Waals surface area (Å²) in [6.07, 6.45) is 13.1. The quantitative estimate of drug-likeness (QED) is 0.0665. The Morgan fingerprint density at radius 3 is 1.04 bits per heavy atom. The molecule has 1 aliphatic rings. The third kappa shape index (κ3) is 8.54. The predicted octanol–water partition coefficient (Wildman–Crippen LogP) is 11.4. The third-order valence-electron chi connectivity index (χ3n) is 7.76. The van der Waals surface area contributed by atoms with Gasteiger partial charge in [-0.15, -0.1) is 0 Å². The number of nitrogens with zero attached hydrogens (tertiary/aromatic N) is 6. The molecule has 0 aliphatic heterocycles. The number of aryl methyl sites for hydroxylation is 2. The van der Waals surface area contributed by atoms with Crippen LogP contribution >= 0.6 is 0 Å². The Balaban J connectivity index is 1.55. The molecule has 0 radical (unpaired) electrons. The average Bonchev–Trinajstić information content (AvgIpc) is 3.09. The maximum Gasteiger partial charge on any atom is 0.212 e. The highest BCUT2D eigenvalue weighted by Gasteiger charge is 2.24. The van der Waals surface area contributed by atoms with Crippen molar-refractivity contribution in [3.05, 3.63) is 132 Å². The molecule has 0 spiro atoms. The van der Waals surface area contributed by atoms with Crippen molar-refractivity contribution in [3.63, 3.8) is 0 Å². The lowest BCUT2D eigenvalue weighted by molar-refractivity contribution is 0.780. The van der Waals surface area contributed by atoms with E-state index in [1.54, 1.807) is 0 Å². The summed E-state index contributed by atoms with van der Waals surface area (Å²) in [6, 6.07) is 33.9. The number of azo groups is 2. The molecule has 0 atom stereocenters. The summed E-state index contributed by atoms with van der Waals surface area (Å²) < 4.78 is 4.55. The van der Waals surface area contributed by atoms with Gasteiger partial charge >= 0.3 is 0 Å². The smallest absolute Gasteiger partial charge is 0.189 e. The first kappa shape index (κ1) is 32.3. The largest absolute Gasteiger partial charge is 0.212 e. The Hall–Kier alpha value is -5.10. The predicted molar refractivity (Wildman–Crippen MR) is 195 cm³/mol. The molecule has 0 N–H and O–H groups in total. The Labute approximate surface area is 273 Å². The van der Waals surface area contributed by atoms with Crippen LogP contribution in [0.4, 0.5) is 34.1 Å². The van der Waals surface area contributed by atoms with E-state index in [1.807, 2.05) is 24.3 Å². The van der Waals surface area contributed by atoms with Gasteiger partial charge in [0.2, 0.25) is 34.2 Å². The van der Waals surface area contributed by atoms with Gasteiger partial charge in [0.05, 0.1) is 24.5 Å². The second kappa shape index (κ2) is 16.3. The molecule has 5 rings (SSSR count). The Bertz CT molecular complexity index is 1640. The first-order chi connectivity index (χ1) is 22.6. The fraction of sp³-hybridized carbons (Fsp3) is 0.250. The van der Waals surface area contributed by atoms with Crippen LogP contribution in [0.15, 0.2) is 142 Å². The van der Waals surface area contributed by atoms with E-state index in [0.29, 0.717) is 0 Å². The average molecular weight is 609 g/mol. The first-order valence-corrected chi connectivity index (χ1v) is 16.3. The van der Waals surface area contributed by atoms with Crippen molar-refractivity contribution in [3.8, 4) is 0 Å². The summed E-state index contributed by atoms with van der Waals surface area (Å²) in [7, 11) is 0. The molecule has 0 fully saturated rings. The van der Waals surface area contributed by atoms with Gasteiger partial charge in [0.1, 0.15) is 0 Å². The minimum absolute atomic E-state index is 0.751. The molecule has 0 aromatic heterocycles. The summed E-state index contributed by atoms with van der Waals surface area (Å²) in [5.74, 6) is 0. The SMILES string of the molecule is CCCCN=Nc1ccc([N+](=C2C=CC(=[N+](c3ccc(C)cc3)c3ccc(C)cc3)C=C2)c2ccc(N=NCCCC)cc2)cc1. The van der Waals surface area contributed by atoms with Crippen molar-refractivity contribution < 1.29 is 0 Å². The highest BCUT2D eigenvalue weighted by atomic mass is 15.1. The van der Waals surface area contributed by atoms with Crippen LogP contribution in [0.5, 0.6) is 0 Å². The van der Waals surface area contributed by atoms with Gasteiger partial charge in [0, 0.05) is 72.8 Å². The van der Waals surface area contributed by atoms with E-state index >= 15 is 0 Å². The monoisotopic (exact) mass is 608 g/mol. The van der Waals surface area contributed by atoms with Crippen molar-refractivity contribution in [1.29, 1.82) is 0 Å². The fourth-order valence-corrected chi connectivity index (χ4v) is 5.09.